The van der Waals surface area contributed by atoms with Crippen LogP contribution in [0.15, 0.2) is 72.3 Å². The van der Waals surface area contributed by atoms with E-state index >= 15 is 0 Å². The second-order valence-corrected chi connectivity index (χ2v) is 8.88. The molecule has 0 saturated carbocycles. The van der Waals surface area contributed by atoms with E-state index in [1.165, 1.54) is 41.3 Å². The number of ether oxygens (including phenoxy) is 1. The van der Waals surface area contributed by atoms with Crippen LogP contribution in [-0.4, -0.2) is 33.4 Å². The zero-order chi connectivity index (χ0) is 26.9. The predicted octanol–water partition coefficient (Wildman–Crippen LogP) is 5.45. The van der Waals surface area contributed by atoms with Crippen LogP contribution in [0.3, 0.4) is 0 Å². The summed E-state index contributed by atoms with van der Waals surface area (Å²) >= 11 is 0. The van der Waals surface area contributed by atoms with Gasteiger partial charge >= 0.3 is 0 Å². The zero-order valence-electron chi connectivity index (χ0n) is 20.5. The zero-order valence-corrected chi connectivity index (χ0v) is 20.5. The largest absolute Gasteiger partial charge is 0.507 e. The molecule has 0 aliphatic carbocycles. The van der Waals surface area contributed by atoms with Crippen molar-refractivity contribution in [3.05, 3.63) is 99.1 Å². The summed E-state index contributed by atoms with van der Waals surface area (Å²) in [6.45, 7) is 6.11. The lowest BCUT2D eigenvalue weighted by molar-refractivity contribution is -0.384. The van der Waals surface area contributed by atoms with E-state index in [2.05, 4.69) is 0 Å². The quantitative estimate of drug-likeness (QED) is 0.144. The Morgan fingerprint density at radius 3 is 2.27 bits per heavy atom. The lowest BCUT2D eigenvalue weighted by Gasteiger charge is -2.26. The number of ketones is 1. The number of nitro benzene ring substituents is 1. The maximum atomic E-state index is 13.3. The van der Waals surface area contributed by atoms with Crippen LogP contribution in [0.1, 0.15) is 49.4 Å². The average Bonchev–Trinajstić information content (AvgIpc) is 3.15. The molecule has 4 rings (SSSR count). The van der Waals surface area contributed by atoms with Crippen molar-refractivity contribution in [3.63, 3.8) is 0 Å². The molecule has 1 aliphatic rings. The number of nitro groups is 1. The van der Waals surface area contributed by atoms with Gasteiger partial charge in [0, 0.05) is 23.4 Å². The Morgan fingerprint density at radius 1 is 1.05 bits per heavy atom. The van der Waals surface area contributed by atoms with Crippen molar-refractivity contribution in [1.82, 2.24) is 0 Å². The SMILES string of the molecule is CCOc1cc(C2/C(=C(/O)c3ccc([N+](=O)[O-])cc3)C(=O)C(=O)N2c2ccc(C(C)C)cc2)ccc1O. The van der Waals surface area contributed by atoms with E-state index in [1.807, 2.05) is 26.0 Å². The fraction of sp³-hybridized carbons (Fsp3) is 0.214. The minimum atomic E-state index is -1.04. The van der Waals surface area contributed by atoms with Crippen molar-refractivity contribution >= 4 is 28.8 Å². The molecule has 0 radical (unpaired) electrons. The molecular weight excluding hydrogens is 476 g/mol. The predicted molar refractivity (Wildman–Crippen MR) is 138 cm³/mol. The second kappa shape index (κ2) is 10.1. The first-order chi connectivity index (χ1) is 17.6. The van der Waals surface area contributed by atoms with Gasteiger partial charge in [-0.1, -0.05) is 32.0 Å². The molecule has 3 aromatic carbocycles. The molecule has 1 amide bonds. The Bertz CT molecular complexity index is 1390. The summed E-state index contributed by atoms with van der Waals surface area (Å²) in [4.78, 5) is 38.4. The number of hydrogen-bond donors (Lipinski definition) is 2. The summed E-state index contributed by atoms with van der Waals surface area (Å²) in [5.41, 5.74) is 1.71. The van der Waals surface area contributed by atoms with Crippen molar-refractivity contribution in [2.45, 2.75) is 32.7 Å². The molecule has 1 unspecified atom stereocenters. The molecule has 1 aliphatic heterocycles. The van der Waals surface area contributed by atoms with E-state index in [-0.39, 0.29) is 40.8 Å². The number of amides is 1. The Morgan fingerprint density at radius 2 is 1.70 bits per heavy atom. The van der Waals surface area contributed by atoms with Crippen molar-refractivity contribution in [2.24, 2.45) is 0 Å². The highest BCUT2D eigenvalue weighted by molar-refractivity contribution is 6.51. The monoisotopic (exact) mass is 502 g/mol. The first-order valence-electron chi connectivity index (χ1n) is 11.8. The summed E-state index contributed by atoms with van der Waals surface area (Å²) in [5, 5.41) is 32.5. The Kier molecular flexibility index (Phi) is 6.97. The second-order valence-electron chi connectivity index (χ2n) is 8.88. The molecule has 3 aromatic rings. The first kappa shape index (κ1) is 25.4. The van der Waals surface area contributed by atoms with E-state index in [9.17, 15) is 29.9 Å². The topological polar surface area (TPSA) is 130 Å². The standard InChI is InChI=1S/C28H26N2O7/c1-4-37-23-15-19(9-14-22(23)31)25-24(26(32)18-7-12-21(13-8-18)30(35)36)27(33)28(34)29(25)20-10-5-17(6-11-20)16(2)3/h5-16,25,31-32H,4H2,1-3H3/b26-24-. The molecule has 1 saturated heterocycles. The number of non-ortho nitro benzene ring substituents is 1. The highest BCUT2D eigenvalue weighted by Gasteiger charge is 2.47. The van der Waals surface area contributed by atoms with Gasteiger partial charge in [0.25, 0.3) is 17.4 Å². The summed E-state index contributed by atoms with van der Waals surface area (Å²) in [6.07, 6.45) is 0. The highest BCUT2D eigenvalue weighted by atomic mass is 16.6. The average molecular weight is 503 g/mol. The van der Waals surface area contributed by atoms with Crippen LogP contribution in [0, 0.1) is 10.1 Å². The Labute approximate surface area is 213 Å². The fourth-order valence-electron chi connectivity index (χ4n) is 4.30. The van der Waals surface area contributed by atoms with Crippen LogP contribution in [0.4, 0.5) is 11.4 Å². The molecule has 37 heavy (non-hydrogen) atoms. The molecule has 2 N–H and O–H groups in total. The van der Waals surface area contributed by atoms with Crippen molar-refractivity contribution in [3.8, 4) is 11.5 Å². The maximum absolute atomic E-state index is 13.3. The molecule has 1 heterocycles. The van der Waals surface area contributed by atoms with E-state index in [0.717, 1.165) is 5.56 Å². The molecule has 190 valence electrons. The number of phenolic OH excluding ortho intramolecular Hbond substituents is 1. The Hall–Kier alpha value is -4.66. The van der Waals surface area contributed by atoms with Crippen molar-refractivity contribution < 1.29 is 29.5 Å². The lowest BCUT2D eigenvalue weighted by Crippen LogP contribution is -2.29. The molecular formula is C28H26N2O7. The van der Waals surface area contributed by atoms with E-state index in [0.29, 0.717) is 11.3 Å². The molecule has 9 nitrogen and oxygen atoms in total. The van der Waals surface area contributed by atoms with E-state index < -0.39 is 28.4 Å². The van der Waals surface area contributed by atoms with E-state index in [1.54, 1.807) is 25.1 Å². The number of nitrogens with zero attached hydrogens (tertiary/aromatic N) is 2. The van der Waals surface area contributed by atoms with Gasteiger partial charge in [0.05, 0.1) is 23.1 Å². The summed E-state index contributed by atoms with van der Waals surface area (Å²) in [6, 6.07) is 15.7. The number of Topliss-reactive ketones (excluding diaryl/α,β-unsaturated/α-hetero) is 1. The van der Waals surface area contributed by atoms with Gasteiger partial charge in [0.2, 0.25) is 0 Å². The number of carbonyl (C=O) groups is 2. The number of aliphatic hydroxyl groups is 1. The van der Waals surface area contributed by atoms with Gasteiger partial charge in [-0.3, -0.25) is 24.6 Å². The third-order valence-electron chi connectivity index (χ3n) is 6.23. The number of hydrogen-bond acceptors (Lipinski definition) is 7. The smallest absolute Gasteiger partial charge is 0.300 e. The molecule has 0 bridgehead atoms. The molecule has 1 atom stereocenters. The maximum Gasteiger partial charge on any atom is 0.300 e. The molecule has 0 spiro atoms. The number of aliphatic hydroxyl groups excluding tert-OH is 1. The highest BCUT2D eigenvalue weighted by Crippen LogP contribution is 2.44. The number of aromatic hydroxyl groups is 1. The van der Waals surface area contributed by atoms with Gasteiger partial charge in [0.15, 0.2) is 11.5 Å². The molecule has 1 fully saturated rings. The minimum Gasteiger partial charge on any atom is -0.507 e. The summed E-state index contributed by atoms with van der Waals surface area (Å²) < 4.78 is 5.51. The summed E-state index contributed by atoms with van der Waals surface area (Å²) in [7, 11) is 0. The number of anilines is 1. The third kappa shape index (κ3) is 4.75. The van der Waals surface area contributed by atoms with Gasteiger partial charge in [-0.25, -0.2) is 0 Å². The van der Waals surface area contributed by atoms with Crippen LogP contribution in [0.5, 0.6) is 11.5 Å². The number of rotatable bonds is 7. The van der Waals surface area contributed by atoms with Gasteiger partial charge < -0.3 is 14.9 Å². The number of carbonyl (C=O) groups excluding carboxylic acids is 2. The van der Waals surface area contributed by atoms with Gasteiger partial charge in [-0.2, -0.15) is 0 Å². The van der Waals surface area contributed by atoms with Crippen LogP contribution in [0.25, 0.3) is 5.76 Å². The van der Waals surface area contributed by atoms with Crippen molar-refractivity contribution in [2.75, 3.05) is 11.5 Å². The lowest BCUT2D eigenvalue weighted by atomic mass is 9.94. The first-order valence-corrected chi connectivity index (χ1v) is 11.8. The number of benzene rings is 3. The van der Waals surface area contributed by atoms with E-state index in [4.69, 9.17) is 4.74 Å². The normalized spacial score (nSPS) is 16.9. The van der Waals surface area contributed by atoms with Crippen LogP contribution in [-0.2, 0) is 9.59 Å². The fourth-order valence-corrected chi connectivity index (χ4v) is 4.30. The number of phenols is 1. The van der Waals surface area contributed by atoms with Crippen molar-refractivity contribution in [1.29, 1.82) is 0 Å². The molecule has 0 aromatic heterocycles. The van der Waals surface area contributed by atoms with Crippen LogP contribution < -0.4 is 9.64 Å². The minimum absolute atomic E-state index is 0.112. The van der Waals surface area contributed by atoms with Gasteiger partial charge in [-0.05, 0) is 60.4 Å². The summed E-state index contributed by atoms with van der Waals surface area (Å²) in [5.74, 6) is -1.90. The third-order valence-corrected chi connectivity index (χ3v) is 6.23. The Balaban J connectivity index is 1.92. The van der Waals surface area contributed by atoms with Crippen LogP contribution >= 0.6 is 0 Å². The van der Waals surface area contributed by atoms with Crippen LogP contribution in [0.2, 0.25) is 0 Å². The molecule has 9 heteroatoms. The van der Waals surface area contributed by atoms with Gasteiger partial charge in [0.1, 0.15) is 5.76 Å². The van der Waals surface area contributed by atoms with Gasteiger partial charge in [-0.15, -0.1) is 0 Å².